The van der Waals surface area contributed by atoms with Crippen molar-refractivity contribution in [2.24, 2.45) is 0 Å². The van der Waals surface area contributed by atoms with Gasteiger partial charge in [0.15, 0.2) is 0 Å². The molecule has 0 radical (unpaired) electrons. The molecule has 0 aliphatic heterocycles. The Bertz CT molecular complexity index is 288. The summed E-state index contributed by atoms with van der Waals surface area (Å²) in [5.41, 5.74) is 0.298. The summed E-state index contributed by atoms with van der Waals surface area (Å²) in [6, 6.07) is 3.04. The summed E-state index contributed by atoms with van der Waals surface area (Å²) in [4.78, 5) is 14.7. The van der Waals surface area contributed by atoms with E-state index in [-0.39, 0.29) is 11.3 Å². The molecule has 0 atom stereocenters. The molecule has 0 aromatic carbocycles. The molecule has 0 aliphatic rings. The van der Waals surface area contributed by atoms with E-state index in [1.165, 1.54) is 19.4 Å². The van der Waals surface area contributed by atoms with Gasteiger partial charge >= 0.3 is 5.97 Å². The van der Waals surface area contributed by atoms with Crippen molar-refractivity contribution in [3.05, 3.63) is 29.6 Å². The van der Waals surface area contributed by atoms with Gasteiger partial charge in [0.2, 0.25) is 0 Å². The number of aromatic nitrogens is 1. The predicted molar refractivity (Wildman–Crippen MR) is 40.4 cm³/mol. The van der Waals surface area contributed by atoms with E-state index in [2.05, 4.69) is 9.72 Å². The van der Waals surface area contributed by atoms with Crippen LogP contribution in [0, 0.1) is 0 Å². The van der Waals surface area contributed by atoms with Gasteiger partial charge in [-0.2, -0.15) is 0 Å². The second-order valence-electron chi connectivity index (χ2n) is 2.12. The van der Waals surface area contributed by atoms with Crippen LogP contribution in [-0.4, -0.2) is 18.1 Å². The standard InChI is InChI=1S/C8H8FNO2/c1-12-8(11)6-3-2-4-10-7(6)5-9/h2-4H,5H2,1H3. The summed E-state index contributed by atoms with van der Waals surface area (Å²) >= 11 is 0. The van der Waals surface area contributed by atoms with Gasteiger partial charge in [-0.15, -0.1) is 0 Å². The molecule has 3 nitrogen and oxygen atoms in total. The lowest BCUT2D eigenvalue weighted by molar-refractivity contribution is 0.0598. The summed E-state index contributed by atoms with van der Waals surface area (Å²) in [6.45, 7) is -0.759. The normalized spacial score (nSPS) is 9.50. The number of nitrogens with zero attached hydrogens (tertiary/aromatic N) is 1. The Morgan fingerprint density at radius 1 is 1.75 bits per heavy atom. The molecule has 0 aliphatic carbocycles. The quantitative estimate of drug-likeness (QED) is 0.627. The van der Waals surface area contributed by atoms with Gasteiger partial charge in [0.05, 0.1) is 18.4 Å². The summed E-state index contributed by atoms with van der Waals surface area (Å²) in [7, 11) is 1.25. The molecule has 0 amide bonds. The van der Waals surface area contributed by atoms with Crippen LogP contribution in [0.5, 0.6) is 0 Å². The molecule has 0 saturated carbocycles. The van der Waals surface area contributed by atoms with E-state index in [4.69, 9.17) is 0 Å². The van der Waals surface area contributed by atoms with Crippen LogP contribution < -0.4 is 0 Å². The Labute approximate surface area is 69.2 Å². The number of pyridine rings is 1. The number of rotatable bonds is 2. The first-order valence-electron chi connectivity index (χ1n) is 3.37. The van der Waals surface area contributed by atoms with Crippen LogP contribution in [0.15, 0.2) is 18.3 Å². The fourth-order valence-corrected chi connectivity index (χ4v) is 0.840. The predicted octanol–water partition coefficient (Wildman–Crippen LogP) is 1.34. The molecule has 0 unspecified atom stereocenters. The number of carbonyl (C=O) groups excluding carboxylic acids is 1. The molecule has 12 heavy (non-hydrogen) atoms. The van der Waals surface area contributed by atoms with Crippen LogP contribution in [0.4, 0.5) is 4.39 Å². The number of hydrogen-bond acceptors (Lipinski definition) is 3. The van der Waals surface area contributed by atoms with Crippen molar-refractivity contribution in [3.63, 3.8) is 0 Å². The molecule has 1 aromatic rings. The fourth-order valence-electron chi connectivity index (χ4n) is 0.840. The molecule has 0 spiro atoms. The first-order valence-corrected chi connectivity index (χ1v) is 3.37. The Kier molecular flexibility index (Phi) is 2.74. The fraction of sp³-hybridized carbons (Fsp3) is 0.250. The van der Waals surface area contributed by atoms with Crippen LogP contribution in [0.2, 0.25) is 0 Å². The van der Waals surface area contributed by atoms with Gasteiger partial charge in [0.1, 0.15) is 6.67 Å². The van der Waals surface area contributed by atoms with E-state index in [0.717, 1.165) is 0 Å². The van der Waals surface area contributed by atoms with Gasteiger partial charge in [-0.1, -0.05) is 0 Å². The second-order valence-corrected chi connectivity index (χ2v) is 2.12. The van der Waals surface area contributed by atoms with Gasteiger partial charge < -0.3 is 4.74 Å². The van der Waals surface area contributed by atoms with Crippen LogP contribution >= 0.6 is 0 Å². The van der Waals surface area contributed by atoms with Gasteiger partial charge in [-0.3, -0.25) is 4.98 Å². The lowest BCUT2D eigenvalue weighted by atomic mass is 10.2. The zero-order chi connectivity index (χ0) is 8.97. The number of alkyl halides is 1. The van der Waals surface area contributed by atoms with E-state index in [9.17, 15) is 9.18 Å². The Morgan fingerprint density at radius 2 is 2.50 bits per heavy atom. The molecule has 64 valence electrons. The third-order valence-corrected chi connectivity index (χ3v) is 1.42. The molecule has 1 heterocycles. The molecule has 0 bridgehead atoms. The first kappa shape index (κ1) is 8.64. The van der Waals surface area contributed by atoms with Gasteiger partial charge in [-0.05, 0) is 12.1 Å². The highest BCUT2D eigenvalue weighted by atomic mass is 19.1. The van der Waals surface area contributed by atoms with Crippen molar-refractivity contribution in [2.75, 3.05) is 7.11 Å². The minimum atomic E-state index is -0.759. The van der Waals surface area contributed by atoms with Crippen LogP contribution in [0.1, 0.15) is 16.1 Å². The highest BCUT2D eigenvalue weighted by Crippen LogP contribution is 2.07. The lowest BCUT2D eigenvalue weighted by Crippen LogP contribution is -2.06. The zero-order valence-corrected chi connectivity index (χ0v) is 6.58. The first-order chi connectivity index (χ1) is 5.79. The van der Waals surface area contributed by atoms with Crippen molar-refractivity contribution in [1.82, 2.24) is 4.98 Å². The molecule has 0 saturated heterocycles. The summed E-state index contributed by atoms with van der Waals surface area (Å²) in [6.07, 6.45) is 1.43. The molecular formula is C8H8FNO2. The lowest BCUT2D eigenvalue weighted by Gasteiger charge is -2.01. The third kappa shape index (κ3) is 1.58. The maximum absolute atomic E-state index is 12.2. The number of hydrogen-bond donors (Lipinski definition) is 0. The van der Waals surface area contributed by atoms with Gasteiger partial charge in [0.25, 0.3) is 0 Å². The summed E-state index contributed by atoms with van der Waals surface area (Å²) in [5.74, 6) is -0.559. The largest absolute Gasteiger partial charge is 0.465 e. The second kappa shape index (κ2) is 3.80. The summed E-state index contributed by atoms with van der Waals surface area (Å²) < 4.78 is 16.6. The van der Waals surface area contributed by atoms with E-state index < -0.39 is 12.6 Å². The minimum absolute atomic E-state index is 0.115. The van der Waals surface area contributed by atoms with Crippen molar-refractivity contribution in [1.29, 1.82) is 0 Å². The van der Waals surface area contributed by atoms with E-state index in [1.807, 2.05) is 0 Å². The van der Waals surface area contributed by atoms with E-state index >= 15 is 0 Å². The minimum Gasteiger partial charge on any atom is -0.465 e. The Hall–Kier alpha value is -1.45. The Morgan fingerprint density at radius 3 is 3.08 bits per heavy atom. The van der Waals surface area contributed by atoms with Crippen LogP contribution in [-0.2, 0) is 11.4 Å². The van der Waals surface area contributed by atoms with Crippen LogP contribution in [0.25, 0.3) is 0 Å². The van der Waals surface area contributed by atoms with Crippen LogP contribution in [0.3, 0.4) is 0 Å². The molecule has 1 aromatic heterocycles. The van der Waals surface area contributed by atoms with Crippen molar-refractivity contribution >= 4 is 5.97 Å². The zero-order valence-electron chi connectivity index (χ0n) is 6.58. The number of ether oxygens (including phenoxy) is 1. The van der Waals surface area contributed by atoms with E-state index in [0.29, 0.717) is 0 Å². The monoisotopic (exact) mass is 169 g/mol. The topological polar surface area (TPSA) is 39.2 Å². The number of halogens is 1. The van der Waals surface area contributed by atoms with E-state index in [1.54, 1.807) is 6.07 Å². The van der Waals surface area contributed by atoms with Crippen molar-refractivity contribution < 1.29 is 13.9 Å². The maximum atomic E-state index is 12.2. The molecule has 0 fully saturated rings. The molecular weight excluding hydrogens is 161 g/mol. The molecule has 4 heteroatoms. The van der Waals surface area contributed by atoms with Gasteiger partial charge in [-0.25, -0.2) is 9.18 Å². The van der Waals surface area contributed by atoms with Crippen molar-refractivity contribution in [3.8, 4) is 0 Å². The Balaban J connectivity index is 3.04. The van der Waals surface area contributed by atoms with Crippen molar-refractivity contribution in [2.45, 2.75) is 6.67 Å². The highest BCUT2D eigenvalue weighted by Gasteiger charge is 2.10. The summed E-state index contributed by atoms with van der Waals surface area (Å²) in [5, 5.41) is 0. The average Bonchev–Trinajstić information content (AvgIpc) is 2.16. The average molecular weight is 169 g/mol. The smallest absolute Gasteiger partial charge is 0.339 e. The SMILES string of the molecule is COC(=O)c1cccnc1CF. The maximum Gasteiger partial charge on any atom is 0.339 e. The molecule has 0 N–H and O–H groups in total. The number of esters is 1. The highest BCUT2D eigenvalue weighted by molar-refractivity contribution is 5.90. The molecule has 1 rings (SSSR count). The third-order valence-electron chi connectivity index (χ3n) is 1.42. The van der Waals surface area contributed by atoms with Gasteiger partial charge in [0, 0.05) is 6.20 Å². The number of methoxy groups -OCH3 is 1. The number of carbonyl (C=O) groups is 1.